The Hall–Kier alpha value is -2.24. The Morgan fingerprint density at radius 1 is 1.24 bits per heavy atom. The molecule has 2 amide bonds. The van der Waals surface area contributed by atoms with Crippen LogP contribution in [0.4, 0.5) is 11.4 Å². The van der Waals surface area contributed by atoms with Gasteiger partial charge in [-0.05, 0) is 45.9 Å². The first kappa shape index (κ1) is 16.8. The largest absolute Gasteiger partial charge is 0.397 e. The molecule has 5 N–H and O–H groups in total. The molecule has 1 unspecified atom stereocenters. The van der Waals surface area contributed by atoms with Gasteiger partial charge >= 0.3 is 0 Å². The molecule has 1 aromatic rings. The van der Waals surface area contributed by atoms with Crippen molar-refractivity contribution in [3.8, 4) is 0 Å². The van der Waals surface area contributed by atoms with Gasteiger partial charge in [0.25, 0.3) is 5.91 Å². The van der Waals surface area contributed by atoms with Gasteiger partial charge in [0.15, 0.2) is 0 Å². The zero-order valence-corrected chi connectivity index (χ0v) is 13.0. The molecule has 0 spiro atoms. The lowest BCUT2D eigenvalue weighted by molar-refractivity contribution is -0.122. The molecule has 1 aromatic carbocycles. The van der Waals surface area contributed by atoms with Crippen LogP contribution >= 0.6 is 0 Å². The zero-order valence-electron chi connectivity index (χ0n) is 13.0. The number of anilines is 2. The SMILES string of the molecule is CCNC(=O)c1ccc(N)c(NC(C)C(=O)NC(C)C)c1. The third-order valence-electron chi connectivity index (χ3n) is 2.85. The average Bonchev–Trinajstić information content (AvgIpc) is 2.40. The molecule has 0 aliphatic heterocycles. The highest BCUT2D eigenvalue weighted by molar-refractivity contribution is 5.96. The maximum Gasteiger partial charge on any atom is 0.251 e. The van der Waals surface area contributed by atoms with Crippen molar-refractivity contribution < 1.29 is 9.59 Å². The van der Waals surface area contributed by atoms with Gasteiger partial charge in [-0.3, -0.25) is 9.59 Å². The predicted molar refractivity (Wildman–Crippen MR) is 85.2 cm³/mol. The van der Waals surface area contributed by atoms with Gasteiger partial charge in [0.2, 0.25) is 5.91 Å². The predicted octanol–water partition coefficient (Wildman–Crippen LogP) is 1.34. The third-order valence-corrected chi connectivity index (χ3v) is 2.85. The average molecular weight is 292 g/mol. The Morgan fingerprint density at radius 2 is 1.90 bits per heavy atom. The van der Waals surface area contributed by atoms with Crippen molar-refractivity contribution in [3.05, 3.63) is 23.8 Å². The number of nitrogen functional groups attached to an aromatic ring is 1. The normalized spacial score (nSPS) is 11.9. The van der Waals surface area contributed by atoms with E-state index in [0.717, 1.165) is 0 Å². The van der Waals surface area contributed by atoms with Gasteiger partial charge in [0, 0.05) is 18.2 Å². The zero-order chi connectivity index (χ0) is 16.0. The van der Waals surface area contributed by atoms with Crippen LogP contribution in [0.25, 0.3) is 0 Å². The molecule has 0 aromatic heterocycles. The van der Waals surface area contributed by atoms with Gasteiger partial charge in [-0.15, -0.1) is 0 Å². The molecule has 0 saturated carbocycles. The Labute approximate surface area is 125 Å². The van der Waals surface area contributed by atoms with Crippen molar-refractivity contribution in [2.75, 3.05) is 17.6 Å². The van der Waals surface area contributed by atoms with E-state index in [1.54, 1.807) is 25.1 Å². The Bertz CT molecular complexity index is 514. The topological polar surface area (TPSA) is 96.2 Å². The van der Waals surface area contributed by atoms with E-state index in [1.165, 1.54) is 0 Å². The Balaban J connectivity index is 2.85. The van der Waals surface area contributed by atoms with Crippen LogP contribution in [0, 0.1) is 0 Å². The number of carbonyl (C=O) groups excluding carboxylic acids is 2. The molecule has 0 radical (unpaired) electrons. The molecular weight excluding hydrogens is 268 g/mol. The minimum atomic E-state index is -0.445. The molecular formula is C15H24N4O2. The van der Waals surface area contributed by atoms with E-state index in [4.69, 9.17) is 5.73 Å². The molecule has 116 valence electrons. The lowest BCUT2D eigenvalue weighted by atomic mass is 10.1. The number of amides is 2. The van der Waals surface area contributed by atoms with Gasteiger partial charge in [0.05, 0.1) is 11.4 Å². The van der Waals surface area contributed by atoms with E-state index in [-0.39, 0.29) is 17.9 Å². The lowest BCUT2D eigenvalue weighted by Gasteiger charge is -2.18. The highest BCUT2D eigenvalue weighted by Gasteiger charge is 2.15. The van der Waals surface area contributed by atoms with Crippen LogP contribution in [0.15, 0.2) is 18.2 Å². The summed E-state index contributed by atoms with van der Waals surface area (Å²) in [7, 11) is 0. The van der Waals surface area contributed by atoms with Crippen molar-refractivity contribution >= 4 is 23.2 Å². The summed E-state index contributed by atoms with van der Waals surface area (Å²) in [6.07, 6.45) is 0. The molecule has 1 atom stereocenters. The summed E-state index contributed by atoms with van der Waals surface area (Å²) in [6.45, 7) is 7.95. The van der Waals surface area contributed by atoms with Gasteiger partial charge in [0.1, 0.15) is 6.04 Å². The molecule has 6 heteroatoms. The van der Waals surface area contributed by atoms with E-state index in [0.29, 0.717) is 23.5 Å². The fraction of sp³-hybridized carbons (Fsp3) is 0.467. The number of carbonyl (C=O) groups is 2. The first-order valence-electron chi connectivity index (χ1n) is 7.09. The van der Waals surface area contributed by atoms with Gasteiger partial charge < -0.3 is 21.7 Å². The van der Waals surface area contributed by atoms with Gasteiger partial charge in [-0.1, -0.05) is 0 Å². The summed E-state index contributed by atoms with van der Waals surface area (Å²) in [5, 5.41) is 8.58. The summed E-state index contributed by atoms with van der Waals surface area (Å²) in [6, 6.07) is 4.59. The van der Waals surface area contributed by atoms with Crippen LogP contribution in [0.2, 0.25) is 0 Å². The van der Waals surface area contributed by atoms with Crippen molar-refractivity contribution in [1.29, 1.82) is 0 Å². The lowest BCUT2D eigenvalue weighted by Crippen LogP contribution is -2.41. The summed E-state index contributed by atoms with van der Waals surface area (Å²) < 4.78 is 0. The summed E-state index contributed by atoms with van der Waals surface area (Å²) >= 11 is 0. The molecule has 0 bridgehead atoms. The quantitative estimate of drug-likeness (QED) is 0.595. The maximum atomic E-state index is 11.9. The highest BCUT2D eigenvalue weighted by Crippen LogP contribution is 2.21. The minimum absolute atomic E-state index is 0.0702. The number of nitrogens with one attached hydrogen (secondary N) is 3. The van der Waals surface area contributed by atoms with Crippen LogP contribution in [0.3, 0.4) is 0 Å². The summed E-state index contributed by atoms with van der Waals surface area (Å²) in [5.41, 5.74) is 7.46. The number of hydrogen-bond acceptors (Lipinski definition) is 4. The Kier molecular flexibility index (Phi) is 6.02. The molecule has 0 aliphatic rings. The molecule has 6 nitrogen and oxygen atoms in total. The molecule has 0 heterocycles. The first-order valence-corrected chi connectivity index (χ1v) is 7.09. The molecule has 21 heavy (non-hydrogen) atoms. The minimum Gasteiger partial charge on any atom is -0.397 e. The maximum absolute atomic E-state index is 11.9. The second-order valence-electron chi connectivity index (χ2n) is 5.19. The van der Waals surface area contributed by atoms with Crippen molar-refractivity contribution in [1.82, 2.24) is 10.6 Å². The highest BCUT2D eigenvalue weighted by atomic mass is 16.2. The van der Waals surface area contributed by atoms with Crippen LogP contribution in [0.5, 0.6) is 0 Å². The van der Waals surface area contributed by atoms with E-state index in [1.807, 2.05) is 20.8 Å². The molecule has 0 aliphatic carbocycles. The third kappa shape index (κ3) is 4.98. The van der Waals surface area contributed by atoms with Crippen LogP contribution in [-0.4, -0.2) is 30.4 Å². The van der Waals surface area contributed by atoms with E-state index in [9.17, 15) is 9.59 Å². The number of hydrogen-bond donors (Lipinski definition) is 4. The standard InChI is InChI=1S/C15H24N4O2/c1-5-17-15(21)11-6-7-12(16)13(8-11)19-10(4)14(20)18-9(2)3/h6-10,19H,5,16H2,1-4H3,(H,17,21)(H,18,20). The molecule has 0 fully saturated rings. The monoisotopic (exact) mass is 292 g/mol. The number of nitrogens with two attached hydrogens (primary N) is 1. The van der Waals surface area contributed by atoms with E-state index >= 15 is 0 Å². The van der Waals surface area contributed by atoms with Crippen LogP contribution < -0.4 is 21.7 Å². The van der Waals surface area contributed by atoms with Crippen molar-refractivity contribution in [3.63, 3.8) is 0 Å². The van der Waals surface area contributed by atoms with E-state index in [2.05, 4.69) is 16.0 Å². The first-order chi connectivity index (χ1) is 9.85. The Morgan fingerprint density at radius 3 is 2.48 bits per heavy atom. The van der Waals surface area contributed by atoms with Gasteiger partial charge in [-0.2, -0.15) is 0 Å². The summed E-state index contributed by atoms with van der Waals surface area (Å²) in [5.74, 6) is -0.285. The second kappa shape index (κ2) is 7.52. The van der Waals surface area contributed by atoms with Crippen molar-refractivity contribution in [2.45, 2.75) is 39.8 Å². The summed E-state index contributed by atoms with van der Waals surface area (Å²) in [4.78, 5) is 23.7. The fourth-order valence-electron chi connectivity index (χ4n) is 1.79. The van der Waals surface area contributed by atoms with Gasteiger partial charge in [-0.25, -0.2) is 0 Å². The van der Waals surface area contributed by atoms with Crippen molar-refractivity contribution in [2.24, 2.45) is 0 Å². The second-order valence-corrected chi connectivity index (χ2v) is 5.19. The molecule has 0 saturated heterocycles. The van der Waals surface area contributed by atoms with Crippen LogP contribution in [0.1, 0.15) is 38.1 Å². The number of rotatable bonds is 6. The smallest absolute Gasteiger partial charge is 0.251 e. The molecule has 1 rings (SSSR count). The fourth-order valence-corrected chi connectivity index (χ4v) is 1.79. The van der Waals surface area contributed by atoms with Crippen LogP contribution in [-0.2, 0) is 4.79 Å². The number of benzene rings is 1. The van der Waals surface area contributed by atoms with E-state index < -0.39 is 6.04 Å².